The van der Waals surface area contributed by atoms with Crippen LogP contribution >= 0.6 is 0 Å². The second kappa shape index (κ2) is 7.42. The number of carbonyl (C=O) groups excluding carboxylic acids is 2. The zero-order valence-electron chi connectivity index (χ0n) is 16.0. The monoisotopic (exact) mass is 396 g/mol. The van der Waals surface area contributed by atoms with Gasteiger partial charge >= 0.3 is 0 Å². The second-order valence-electron chi connectivity index (χ2n) is 7.03. The summed E-state index contributed by atoms with van der Waals surface area (Å²) in [7, 11) is 1.68. The highest BCUT2D eigenvalue weighted by molar-refractivity contribution is 5.98. The van der Waals surface area contributed by atoms with Crippen LogP contribution in [0.15, 0.2) is 45.7 Å². The summed E-state index contributed by atoms with van der Waals surface area (Å²) in [4.78, 5) is 42.2. The Morgan fingerprint density at radius 1 is 1.31 bits per heavy atom. The maximum Gasteiger partial charge on any atom is 0.287 e. The fraction of sp³-hybridized carbons (Fsp3) is 0.300. The summed E-state index contributed by atoms with van der Waals surface area (Å²) < 4.78 is 12.2. The van der Waals surface area contributed by atoms with Gasteiger partial charge in [-0.25, -0.2) is 4.98 Å². The van der Waals surface area contributed by atoms with E-state index in [4.69, 9.17) is 9.26 Å². The van der Waals surface area contributed by atoms with Crippen LogP contribution in [-0.4, -0.2) is 39.9 Å². The van der Waals surface area contributed by atoms with Crippen molar-refractivity contribution in [1.29, 1.82) is 0 Å². The molecule has 1 N–H and O–H groups in total. The first-order chi connectivity index (χ1) is 13.9. The van der Waals surface area contributed by atoms with E-state index < -0.39 is 5.92 Å². The third kappa shape index (κ3) is 3.84. The number of nitrogens with zero attached hydrogens (tertiary/aromatic N) is 3. The van der Waals surface area contributed by atoms with Crippen LogP contribution in [0.25, 0.3) is 5.65 Å². The number of nitrogens with one attached hydrogen (secondary N) is 1. The molecule has 1 saturated heterocycles. The Morgan fingerprint density at radius 2 is 2.10 bits per heavy atom. The largest absolute Gasteiger partial charge is 0.485 e. The van der Waals surface area contributed by atoms with Crippen molar-refractivity contribution in [2.75, 3.05) is 18.9 Å². The Morgan fingerprint density at radius 3 is 2.86 bits per heavy atom. The first kappa shape index (κ1) is 18.7. The number of hydrogen-bond acceptors (Lipinski definition) is 6. The van der Waals surface area contributed by atoms with Crippen LogP contribution < -0.4 is 15.6 Å². The van der Waals surface area contributed by atoms with Crippen molar-refractivity contribution in [2.45, 2.75) is 20.0 Å². The Labute approximate surface area is 165 Å². The van der Waals surface area contributed by atoms with E-state index in [1.807, 2.05) is 0 Å². The Balaban J connectivity index is 1.48. The summed E-state index contributed by atoms with van der Waals surface area (Å²) in [6.45, 7) is 2.18. The topological polar surface area (TPSA) is 106 Å². The molecule has 0 spiro atoms. The molecule has 3 heterocycles. The number of carbonyl (C=O) groups is 2. The SMILES string of the molecule is Cc1cc2nc(COc3ccccc3NC(=O)C3CC(=O)N(C)C3)cc(=O)n2o1. The molecule has 0 saturated carbocycles. The lowest BCUT2D eigenvalue weighted by Gasteiger charge is -2.14. The number of hydrogen-bond donors (Lipinski definition) is 1. The van der Waals surface area contributed by atoms with Gasteiger partial charge in [-0.15, -0.1) is 4.57 Å². The molecule has 9 nitrogen and oxygen atoms in total. The normalized spacial score (nSPS) is 16.4. The number of para-hydroxylation sites is 2. The Hall–Kier alpha value is -3.62. The lowest BCUT2D eigenvalue weighted by Crippen LogP contribution is -2.26. The zero-order chi connectivity index (χ0) is 20.5. The van der Waals surface area contributed by atoms with Crippen LogP contribution in [0.2, 0.25) is 0 Å². The van der Waals surface area contributed by atoms with Gasteiger partial charge in [0, 0.05) is 32.1 Å². The lowest BCUT2D eigenvalue weighted by molar-refractivity contribution is -0.127. The molecule has 0 aliphatic carbocycles. The highest BCUT2D eigenvalue weighted by Gasteiger charge is 2.32. The van der Waals surface area contributed by atoms with Crippen molar-refractivity contribution in [3.63, 3.8) is 0 Å². The molecule has 0 radical (unpaired) electrons. The second-order valence-corrected chi connectivity index (χ2v) is 7.03. The van der Waals surface area contributed by atoms with Crippen molar-refractivity contribution in [3.8, 4) is 5.75 Å². The fourth-order valence-corrected chi connectivity index (χ4v) is 3.27. The average Bonchev–Trinajstić information content (AvgIpc) is 3.23. The van der Waals surface area contributed by atoms with Crippen molar-refractivity contribution < 1.29 is 18.8 Å². The molecule has 1 atom stereocenters. The number of aryl methyl sites for hydroxylation is 1. The molecule has 4 rings (SSSR count). The van der Waals surface area contributed by atoms with E-state index in [0.29, 0.717) is 35.1 Å². The maximum atomic E-state index is 12.5. The molecule has 29 heavy (non-hydrogen) atoms. The summed E-state index contributed by atoms with van der Waals surface area (Å²) in [5, 5.41) is 2.83. The molecule has 9 heteroatoms. The number of rotatable bonds is 5. The number of likely N-dealkylation sites (tertiary alicyclic amines) is 1. The molecule has 1 fully saturated rings. The van der Waals surface area contributed by atoms with Crippen LogP contribution in [-0.2, 0) is 16.2 Å². The molecule has 0 bridgehead atoms. The summed E-state index contributed by atoms with van der Waals surface area (Å²) in [6, 6.07) is 10.0. The summed E-state index contributed by atoms with van der Waals surface area (Å²) in [5.41, 5.74) is 1.01. The van der Waals surface area contributed by atoms with Gasteiger partial charge in [0.05, 0.1) is 17.3 Å². The Bertz CT molecular complexity index is 1150. The van der Waals surface area contributed by atoms with E-state index in [1.54, 1.807) is 49.2 Å². The van der Waals surface area contributed by atoms with Crippen LogP contribution in [0.1, 0.15) is 17.9 Å². The van der Waals surface area contributed by atoms with Gasteiger partial charge in [-0.05, 0) is 19.1 Å². The highest BCUT2D eigenvalue weighted by atomic mass is 16.5. The van der Waals surface area contributed by atoms with E-state index in [0.717, 1.165) is 4.57 Å². The molecule has 1 aliphatic heterocycles. The number of ether oxygens (including phenoxy) is 1. The van der Waals surface area contributed by atoms with Gasteiger partial charge in [0.15, 0.2) is 5.65 Å². The van der Waals surface area contributed by atoms with Gasteiger partial charge in [-0.1, -0.05) is 12.1 Å². The predicted molar refractivity (Wildman–Crippen MR) is 104 cm³/mol. The molecular formula is C20H20N4O5. The minimum absolute atomic E-state index is 0.0445. The van der Waals surface area contributed by atoms with Crippen molar-refractivity contribution >= 4 is 23.1 Å². The van der Waals surface area contributed by atoms with Gasteiger partial charge in [0.2, 0.25) is 11.8 Å². The van der Waals surface area contributed by atoms with E-state index in [9.17, 15) is 14.4 Å². The molecule has 3 aromatic rings. The van der Waals surface area contributed by atoms with Gasteiger partial charge < -0.3 is 19.5 Å². The van der Waals surface area contributed by atoms with Crippen LogP contribution in [0.5, 0.6) is 5.75 Å². The summed E-state index contributed by atoms with van der Waals surface area (Å²) in [5.74, 6) is 0.358. The summed E-state index contributed by atoms with van der Waals surface area (Å²) in [6.07, 6.45) is 0.198. The standard InChI is InChI=1S/C20H20N4O5/c1-12-7-17-21-14(9-19(26)24(17)29-12)11-28-16-6-4-3-5-15(16)22-20(27)13-8-18(25)23(2)10-13/h3-7,9,13H,8,10-11H2,1-2H3,(H,22,27). The molecule has 2 amide bonds. The molecular weight excluding hydrogens is 376 g/mol. The van der Waals surface area contributed by atoms with Crippen LogP contribution in [0.4, 0.5) is 5.69 Å². The smallest absolute Gasteiger partial charge is 0.287 e. The van der Waals surface area contributed by atoms with E-state index in [1.165, 1.54) is 6.07 Å². The van der Waals surface area contributed by atoms with Gasteiger partial charge in [-0.2, -0.15) is 0 Å². The van der Waals surface area contributed by atoms with Gasteiger partial charge in [0.1, 0.15) is 18.1 Å². The van der Waals surface area contributed by atoms with Crippen molar-refractivity contribution in [2.24, 2.45) is 5.92 Å². The van der Waals surface area contributed by atoms with Crippen molar-refractivity contribution in [1.82, 2.24) is 14.5 Å². The van der Waals surface area contributed by atoms with E-state index in [-0.39, 0.29) is 30.4 Å². The molecule has 150 valence electrons. The van der Waals surface area contributed by atoms with Crippen LogP contribution in [0, 0.1) is 12.8 Å². The van der Waals surface area contributed by atoms with Gasteiger partial charge in [-0.3, -0.25) is 14.4 Å². The van der Waals surface area contributed by atoms with E-state index in [2.05, 4.69) is 10.3 Å². The zero-order valence-corrected chi connectivity index (χ0v) is 16.0. The molecule has 1 unspecified atom stereocenters. The Kier molecular flexibility index (Phi) is 4.79. The first-order valence-electron chi connectivity index (χ1n) is 9.17. The van der Waals surface area contributed by atoms with Gasteiger partial charge in [0.25, 0.3) is 5.56 Å². The molecule has 1 aliphatic rings. The number of amides is 2. The molecule has 2 aromatic heterocycles. The molecule has 1 aromatic carbocycles. The number of anilines is 1. The number of aromatic nitrogens is 2. The third-order valence-electron chi connectivity index (χ3n) is 4.76. The predicted octanol–water partition coefficient (Wildman–Crippen LogP) is 1.59. The first-order valence-corrected chi connectivity index (χ1v) is 9.17. The highest BCUT2D eigenvalue weighted by Crippen LogP contribution is 2.26. The number of benzene rings is 1. The summed E-state index contributed by atoms with van der Waals surface area (Å²) >= 11 is 0. The fourth-order valence-electron chi connectivity index (χ4n) is 3.27. The maximum absolute atomic E-state index is 12.5. The third-order valence-corrected chi connectivity index (χ3v) is 4.76. The minimum Gasteiger partial charge on any atom is -0.485 e. The minimum atomic E-state index is -0.394. The van der Waals surface area contributed by atoms with Crippen LogP contribution in [0.3, 0.4) is 0 Å². The van der Waals surface area contributed by atoms with Crippen molar-refractivity contribution in [3.05, 3.63) is 58.2 Å². The quantitative estimate of drug-likeness (QED) is 0.702. The lowest BCUT2D eigenvalue weighted by atomic mass is 10.1. The average molecular weight is 396 g/mol. The number of fused-ring (bicyclic) bond motifs is 1. The van der Waals surface area contributed by atoms with E-state index >= 15 is 0 Å².